The molecule has 1 saturated heterocycles. The van der Waals surface area contributed by atoms with Crippen molar-refractivity contribution in [2.45, 2.75) is 31.4 Å². The van der Waals surface area contributed by atoms with Crippen LogP contribution in [-0.4, -0.2) is 34.5 Å². The van der Waals surface area contributed by atoms with Gasteiger partial charge in [0.15, 0.2) is 5.78 Å². The van der Waals surface area contributed by atoms with Gasteiger partial charge in [-0.1, -0.05) is 30.3 Å². The Kier molecular flexibility index (Phi) is 2.96. The summed E-state index contributed by atoms with van der Waals surface area (Å²) in [5.41, 5.74) is 0.292. The number of nitrogens with zero attached hydrogens (tertiary/aromatic N) is 1. The molecule has 0 unspecified atom stereocenters. The smallest absolute Gasteiger partial charge is 0.164 e. The third kappa shape index (κ3) is 1.98. The Hall–Kier alpha value is -1.19. The fourth-order valence-corrected chi connectivity index (χ4v) is 3.29. The number of fused-ring (bicyclic) bond motifs is 1. The predicted octanol–water partition coefficient (Wildman–Crippen LogP) is 1.60. The summed E-state index contributed by atoms with van der Waals surface area (Å²) in [5, 5.41) is 10.4. The van der Waals surface area contributed by atoms with Gasteiger partial charge in [0.2, 0.25) is 0 Å². The lowest BCUT2D eigenvalue weighted by Crippen LogP contribution is -2.52. The molecule has 18 heavy (non-hydrogen) atoms. The predicted molar refractivity (Wildman–Crippen MR) is 69.0 cm³/mol. The van der Waals surface area contributed by atoms with E-state index in [-0.39, 0.29) is 11.7 Å². The van der Waals surface area contributed by atoms with E-state index in [0.717, 1.165) is 26.1 Å². The third-order valence-corrected chi connectivity index (χ3v) is 4.41. The number of carbonyl (C=O) groups excluding carboxylic acids is 1. The van der Waals surface area contributed by atoms with E-state index in [4.69, 9.17) is 0 Å². The quantitative estimate of drug-likeness (QED) is 0.860. The maximum Gasteiger partial charge on any atom is 0.164 e. The topological polar surface area (TPSA) is 40.5 Å². The minimum Gasteiger partial charge on any atom is -0.382 e. The average molecular weight is 245 g/mol. The summed E-state index contributed by atoms with van der Waals surface area (Å²) in [5.74, 6) is 0.203. The minimum absolute atomic E-state index is 0.0619. The molecule has 1 N–H and O–H groups in total. The highest BCUT2D eigenvalue weighted by molar-refractivity contribution is 5.89. The molecule has 2 atom stereocenters. The van der Waals surface area contributed by atoms with E-state index in [9.17, 15) is 9.90 Å². The number of Topliss-reactive ketones (excluding diaryl/α,β-unsaturated/α-hetero) is 1. The summed E-state index contributed by atoms with van der Waals surface area (Å²) in [7, 11) is 0. The first-order valence-electron chi connectivity index (χ1n) is 6.70. The fraction of sp³-hybridized carbons (Fsp3) is 0.533. The van der Waals surface area contributed by atoms with Gasteiger partial charge in [-0.15, -0.1) is 0 Å². The van der Waals surface area contributed by atoms with E-state index in [1.54, 1.807) is 0 Å². The zero-order valence-electron chi connectivity index (χ0n) is 10.5. The summed E-state index contributed by atoms with van der Waals surface area (Å²) >= 11 is 0. The molecule has 0 amide bonds. The average Bonchev–Trinajstić information content (AvgIpc) is 2.68. The van der Waals surface area contributed by atoms with Gasteiger partial charge in [-0.2, -0.15) is 0 Å². The van der Waals surface area contributed by atoms with Crippen LogP contribution < -0.4 is 0 Å². The molecular weight excluding hydrogens is 226 g/mol. The molecule has 0 radical (unpaired) electrons. The number of hydrogen-bond donors (Lipinski definition) is 1. The third-order valence-electron chi connectivity index (χ3n) is 4.41. The normalized spacial score (nSPS) is 32.5. The van der Waals surface area contributed by atoms with Gasteiger partial charge in [0.1, 0.15) is 5.60 Å². The van der Waals surface area contributed by atoms with Gasteiger partial charge < -0.3 is 5.11 Å². The minimum atomic E-state index is -1.01. The van der Waals surface area contributed by atoms with Crippen LogP contribution in [0.25, 0.3) is 0 Å². The van der Waals surface area contributed by atoms with E-state index in [0.29, 0.717) is 12.8 Å². The Morgan fingerprint density at radius 1 is 1.33 bits per heavy atom. The maximum atomic E-state index is 11.7. The Balaban J connectivity index is 1.67. The number of carbonyl (C=O) groups is 1. The van der Waals surface area contributed by atoms with Crippen molar-refractivity contribution in [2.24, 2.45) is 5.92 Å². The maximum absolute atomic E-state index is 11.7. The van der Waals surface area contributed by atoms with Crippen LogP contribution >= 0.6 is 0 Å². The zero-order chi connectivity index (χ0) is 12.6. The summed E-state index contributed by atoms with van der Waals surface area (Å²) in [6.45, 7) is 2.58. The lowest BCUT2D eigenvalue weighted by molar-refractivity contribution is -0.142. The second-order valence-electron chi connectivity index (χ2n) is 5.55. The molecule has 1 aliphatic heterocycles. The van der Waals surface area contributed by atoms with Gasteiger partial charge in [-0.25, -0.2) is 0 Å². The lowest BCUT2D eigenvalue weighted by atomic mass is 9.83. The molecule has 3 nitrogen and oxygen atoms in total. The molecule has 2 aliphatic rings. The number of benzene rings is 1. The fourth-order valence-electron chi connectivity index (χ4n) is 3.29. The molecule has 3 rings (SSSR count). The molecule has 1 aromatic rings. The van der Waals surface area contributed by atoms with Gasteiger partial charge in [-0.3, -0.25) is 9.69 Å². The Morgan fingerprint density at radius 3 is 2.89 bits per heavy atom. The van der Waals surface area contributed by atoms with Crippen LogP contribution in [0.3, 0.4) is 0 Å². The van der Waals surface area contributed by atoms with Crippen molar-refractivity contribution in [3.63, 3.8) is 0 Å². The van der Waals surface area contributed by atoms with Gasteiger partial charge >= 0.3 is 0 Å². The van der Waals surface area contributed by atoms with E-state index >= 15 is 0 Å². The number of aliphatic hydroxyl groups is 1. The Morgan fingerprint density at radius 2 is 2.11 bits per heavy atom. The molecule has 1 saturated carbocycles. The van der Waals surface area contributed by atoms with Gasteiger partial charge in [0.25, 0.3) is 0 Å². The summed E-state index contributed by atoms with van der Waals surface area (Å²) in [4.78, 5) is 14.1. The molecule has 0 bridgehead atoms. The number of hydrogen-bond acceptors (Lipinski definition) is 3. The molecule has 3 heteroatoms. The van der Waals surface area contributed by atoms with Crippen LogP contribution in [-0.2, 0) is 11.3 Å². The van der Waals surface area contributed by atoms with Crippen molar-refractivity contribution in [3.8, 4) is 0 Å². The van der Waals surface area contributed by atoms with Crippen LogP contribution in [0.2, 0.25) is 0 Å². The van der Waals surface area contributed by atoms with Crippen molar-refractivity contribution in [1.29, 1.82) is 0 Å². The van der Waals surface area contributed by atoms with Crippen molar-refractivity contribution in [2.75, 3.05) is 13.1 Å². The second kappa shape index (κ2) is 4.48. The first kappa shape index (κ1) is 11.9. The number of likely N-dealkylation sites (tertiary alicyclic amines) is 1. The first-order valence-corrected chi connectivity index (χ1v) is 6.70. The van der Waals surface area contributed by atoms with Crippen LogP contribution in [0, 0.1) is 5.92 Å². The number of rotatable bonds is 2. The van der Waals surface area contributed by atoms with Gasteiger partial charge in [0, 0.05) is 32.0 Å². The molecule has 1 aliphatic carbocycles. The molecule has 2 fully saturated rings. The van der Waals surface area contributed by atoms with Gasteiger partial charge in [0.05, 0.1) is 0 Å². The van der Waals surface area contributed by atoms with Crippen molar-refractivity contribution in [1.82, 2.24) is 4.90 Å². The van der Waals surface area contributed by atoms with Crippen LogP contribution in [0.15, 0.2) is 30.3 Å². The largest absolute Gasteiger partial charge is 0.382 e. The highest BCUT2D eigenvalue weighted by atomic mass is 16.3. The van der Waals surface area contributed by atoms with E-state index in [1.807, 2.05) is 6.07 Å². The lowest BCUT2D eigenvalue weighted by Gasteiger charge is -2.39. The van der Waals surface area contributed by atoms with E-state index in [2.05, 4.69) is 29.2 Å². The van der Waals surface area contributed by atoms with E-state index in [1.165, 1.54) is 5.56 Å². The zero-order valence-corrected chi connectivity index (χ0v) is 10.5. The van der Waals surface area contributed by atoms with Crippen LogP contribution in [0.4, 0.5) is 0 Å². The standard InChI is InChI=1S/C15H19NO2/c17-14-7-6-13-11-16(9-8-15(13,14)18)10-12-4-2-1-3-5-12/h1-5,13,18H,6-11H2/t13-,15-/m0/s1. The first-order chi connectivity index (χ1) is 8.68. The molecular formula is C15H19NO2. The summed E-state index contributed by atoms with van der Waals surface area (Å²) in [6.07, 6.45) is 2.00. The SMILES string of the molecule is O=C1CC[C@H]2CN(Cc3ccccc3)CC[C@@]12O. The van der Waals surface area contributed by atoms with Crippen molar-refractivity contribution in [3.05, 3.63) is 35.9 Å². The molecule has 1 aromatic carbocycles. The molecule has 0 aromatic heterocycles. The number of ketones is 1. The summed E-state index contributed by atoms with van der Waals surface area (Å²) < 4.78 is 0. The monoisotopic (exact) mass is 245 g/mol. The van der Waals surface area contributed by atoms with Crippen molar-refractivity contribution >= 4 is 5.78 Å². The Bertz CT molecular complexity index is 445. The molecule has 1 heterocycles. The highest BCUT2D eigenvalue weighted by Crippen LogP contribution is 2.39. The van der Waals surface area contributed by atoms with Crippen molar-refractivity contribution < 1.29 is 9.90 Å². The number of piperidine rings is 1. The van der Waals surface area contributed by atoms with E-state index < -0.39 is 5.60 Å². The second-order valence-corrected chi connectivity index (χ2v) is 5.55. The Labute approximate surface area is 107 Å². The molecule has 96 valence electrons. The van der Waals surface area contributed by atoms with Crippen LogP contribution in [0.5, 0.6) is 0 Å². The van der Waals surface area contributed by atoms with Crippen LogP contribution in [0.1, 0.15) is 24.8 Å². The highest BCUT2D eigenvalue weighted by Gasteiger charge is 2.50. The molecule has 0 spiro atoms. The summed E-state index contributed by atoms with van der Waals surface area (Å²) in [6, 6.07) is 10.4. The van der Waals surface area contributed by atoms with Gasteiger partial charge in [-0.05, 0) is 18.4 Å².